The summed E-state index contributed by atoms with van der Waals surface area (Å²) in [4.78, 5) is 45.4. The zero-order valence-corrected chi connectivity index (χ0v) is 26.2. The molecule has 3 atom stereocenters. The number of pyridine rings is 1. The number of aromatic nitrogens is 6. The van der Waals surface area contributed by atoms with Crippen LogP contribution in [0.25, 0.3) is 44.5 Å². The molecule has 1 aliphatic rings. The number of H-pyrrole nitrogens is 1. The van der Waals surface area contributed by atoms with Crippen molar-refractivity contribution in [3.63, 3.8) is 0 Å². The zero-order chi connectivity index (χ0) is 33.1. The number of hydrogen-bond donors (Lipinski definition) is 4. The molecule has 1 aliphatic carbocycles. The highest BCUT2D eigenvalue weighted by atomic mass is 19.1. The summed E-state index contributed by atoms with van der Waals surface area (Å²) in [5.41, 5.74) is 3.17. The molecular formula is C32H36FN7O6. The van der Waals surface area contributed by atoms with Crippen molar-refractivity contribution in [2.24, 2.45) is 14.1 Å². The smallest absolute Gasteiger partial charge is 0.407 e. The van der Waals surface area contributed by atoms with Crippen LogP contribution in [0.2, 0.25) is 0 Å². The number of rotatable bonds is 7. The molecule has 0 bridgehead atoms. The number of hydrogen-bond acceptors (Lipinski definition) is 7. The van der Waals surface area contributed by atoms with Gasteiger partial charge in [0, 0.05) is 38.3 Å². The number of aliphatic hydroxyl groups is 1. The van der Waals surface area contributed by atoms with Crippen molar-refractivity contribution in [2.45, 2.75) is 70.2 Å². The van der Waals surface area contributed by atoms with E-state index in [0.717, 1.165) is 5.56 Å². The molecule has 14 heteroatoms. The Morgan fingerprint density at radius 1 is 1.17 bits per heavy atom. The standard InChI is InChI=1S/C32H36FN7O6/c1-32(2,3)46-30(44)35-20-12-18(13-22(20)41)40-27-21(39(5)31(40)45)14-34-29-25(27)24(26(36-29)19-15-38(4)37-28(19)33)17-9-6-16(7-10-17)8-11-23(42)43/h6-7,9-10,14-15,18,20,22,41H,8,11-13H2,1-5H3,(H,34,36)(H,35,44)(H,42,43)/t18-,20-,22+/m0/s1. The fourth-order valence-electron chi connectivity index (χ4n) is 6.34. The highest BCUT2D eigenvalue weighted by Gasteiger charge is 2.38. The Morgan fingerprint density at radius 3 is 2.52 bits per heavy atom. The summed E-state index contributed by atoms with van der Waals surface area (Å²) >= 11 is 0. The van der Waals surface area contributed by atoms with Crippen LogP contribution >= 0.6 is 0 Å². The van der Waals surface area contributed by atoms with E-state index in [1.165, 1.54) is 9.25 Å². The summed E-state index contributed by atoms with van der Waals surface area (Å²) in [6.45, 7) is 5.25. The Morgan fingerprint density at radius 2 is 1.89 bits per heavy atom. The van der Waals surface area contributed by atoms with Crippen molar-refractivity contribution in [3.8, 4) is 22.4 Å². The summed E-state index contributed by atoms with van der Waals surface area (Å²) in [6, 6.07) is 6.18. The minimum absolute atomic E-state index is 0.0174. The number of carbonyl (C=O) groups excluding carboxylic acids is 1. The summed E-state index contributed by atoms with van der Waals surface area (Å²) in [5, 5.41) is 27.3. The molecule has 0 radical (unpaired) electrons. The molecule has 1 aromatic carbocycles. The lowest BCUT2D eigenvalue weighted by Gasteiger charge is -2.23. The number of nitrogens with one attached hydrogen (secondary N) is 2. The predicted molar refractivity (Wildman–Crippen MR) is 168 cm³/mol. The van der Waals surface area contributed by atoms with E-state index in [2.05, 4.69) is 20.4 Å². The van der Waals surface area contributed by atoms with Gasteiger partial charge in [-0.2, -0.15) is 4.39 Å². The molecule has 0 aliphatic heterocycles. The first-order chi connectivity index (χ1) is 21.7. The number of benzene rings is 1. The summed E-state index contributed by atoms with van der Waals surface area (Å²) in [5.74, 6) is -1.59. The fraction of sp³-hybridized carbons (Fsp3) is 0.406. The van der Waals surface area contributed by atoms with Gasteiger partial charge in [0.25, 0.3) is 0 Å². The number of aryl methyl sites for hydroxylation is 3. The lowest BCUT2D eigenvalue weighted by atomic mass is 9.97. The number of aromatic amines is 1. The second-order valence-corrected chi connectivity index (χ2v) is 12.8. The van der Waals surface area contributed by atoms with Gasteiger partial charge in [0.15, 0.2) is 0 Å². The zero-order valence-electron chi connectivity index (χ0n) is 26.2. The average molecular weight is 634 g/mol. The molecule has 0 saturated heterocycles. The molecule has 242 valence electrons. The van der Waals surface area contributed by atoms with E-state index < -0.39 is 41.8 Å². The summed E-state index contributed by atoms with van der Waals surface area (Å²) in [7, 11) is 3.26. The first kappa shape index (κ1) is 31.0. The maximum absolute atomic E-state index is 15.2. The highest BCUT2D eigenvalue weighted by molar-refractivity contribution is 6.14. The molecule has 4 N–H and O–H groups in total. The fourth-order valence-corrected chi connectivity index (χ4v) is 6.34. The Bertz CT molecular complexity index is 2030. The number of fused-ring (bicyclic) bond motifs is 3. The van der Waals surface area contributed by atoms with Crippen molar-refractivity contribution in [2.75, 3.05) is 0 Å². The van der Waals surface area contributed by atoms with Crippen LogP contribution in [-0.2, 0) is 30.0 Å². The molecule has 4 aromatic heterocycles. The van der Waals surface area contributed by atoms with E-state index >= 15 is 4.39 Å². The monoisotopic (exact) mass is 633 g/mol. The van der Waals surface area contributed by atoms with Crippen LogP contribution in [0.1, 0.15) is 51.6 Å². The van der Waals surface area contributed by atoms with E-state index in [-0.39, 0.29) is 30.5 Å². The SMILES string of the molecule is Cn1cc(-c2[nH]c3ncc4c(c3c2-c2ccc(CCC(=O)O)cc2)n([C@@H]2C[C@@H](O)[C@@H](NC(=O)OC(C)(C)C)C2)c(=O)n4C)c(F)n1. The number of carboxylic acids is 1. The average Bonchev–Trinajstić information content (AvgIpc) is 3.69. The first-order valence-corrected chi connectivity index (χ1v) is 15.0. The van der Waals surface area contributed by atoms with Crippen molar-refractivity contribution in [3.05, 3.63) is 58.7 Å². The minimum atomic E-state index is -0.930. The third kappa shape index (κ3) is 5.64. The normalized spacial score (nSPS) is 18.5. The molecule has 6 rings (SSSR count). The van der Waals surface area contributed by atoms with Gasteiger partial charge in [0.1, 0.15) is 11.2 Å². The predicted octanol–water partition coefficient (Wildman–Crippen LogP) is 4.03. The Kier molecular flexibility index (Phi) is 7.71. The number of ether oxygens (including phenoxy) is 1. The van der Waals surface area contributed by atoms with E-state index in [0.29, 0.717) is 45.3 Å². The van der Waals surface area contributed by atoms with Crippen LogP contribution in [0.5, 0.6) is 0 Å². The molecule has 13 nitrogen and oxygen atoms in total. The topological polar surface area (TPSA) is 169 Å². The molecule has 46 heavy (non-hydrogen) atoms. The van der Waals surface area contributed by atoms with Gasteiger partial charge >= 0.3 is 17.8 Å². The molecule has 1 amide bonds. The molecule has 4 heterocycles. The number of carboxylic acid groups (broad SMARTS) is 1. The van der Waals surface area contributed by atoms with Crippen molar-refractivity contribution in [1.82, 2.24) is 34.2 Å². The Balaban J connectivity index is 1.53. The van der Waals surface area contributed by atoms with Gasteiger partial charge in [-0.1, -0.05) is 24.3 Å². The van der Waals surface area contributed by atoms with Crippen LogP contribution in [0.4, 0.5) is 9.18 Å². The molecule has 1 fully saturated rings. The number of nitrogens with zero attached hydrogens (tertiary/aromatic N) is 5. The number of aliphatic hydroxyl groups excluding tert-OH is 1. The van der Waals surface area contributed by atoms with Crippen LogP contribution in [0.3, 0.4) is 0 Å². The van der Waals surface area contributed by atoms with Crippen LogP contribution in [-0.4, -0.2) is 68.9 Å². The molecule has 0 spiro atoms. The van der Waals surface area contributed by atoms with Gasteiger partial charge in [0.05, 0.1) is 46.0 Å². The summed E-state index contributed by atoms with van der Waals surface area (Å²) in [6.07, 6.45) is 2.35. The maximum Gasteiger partial charge on any atom is 0.407 e. The van der Waals surface area contributed by atoms with Crippen LogP contribution in [0, 0.1) is 5.95 Å². The summed E-state index contributed by atoms with van der Waals surface area (Å²) < 4.78 is 25.1. The van der Waals surface area contributed by atoms with Crippen molar-refractivity contribution >= 4 is 34.1 Å². The van der Waals surface area contributed by atoms with Crippen molar-refractivity contribution in [1.29, 1.82) is 0 Å². The molecule has 1 saturated carbocycles. The van der Waals surface area contributed by atoms with E-state index in [1.54, 1.807) is 51.8 Å². The van der Waals surface area contributed by atoms with Gasteiger partial charge in [-0.15, -0.1) is 5.10 Å². The first-order valence-electron chi connectivity index (χ1n) is 15.0. The lowest BCUT2D eigenvalue weighted by Crippen LogP contribution is -2.42. The molecule has 5 aromatic rings. The number of halogens is 1. The second kappa shape index (κ2) is 11.4. The molecular weight excluding hydrogens is 597 g/mol. The lowest BCUT2D eigenvalue weighted by molar-refractivity contribution is -0.136. The minimum Gasteiger partial charge on any atom is -0.481 e. The van der Waals surface area contributed by atoms with Gasteiger partial charge in [0.2, 0.25) is 5.95 Å². The van der Waals surface area contributed by atoms with E-state index in [9.17, 15) is 19.5 Å². The number of aliphatic carboxylic acids is 1. The van der Waals surface area contributed by atoms with Crippen molar-refractivity contribution < 1.29 is 28.9 Å². The van der Waals surface area contributed by atoms with Crippen LogP contribution < -0.4 is 11.0 Å². The third-order valence-corrected chi connectivity index (χ3v) is 8.37. The number of alkyl carbamates (subject to hydrolysis) is 1. The second-order valence-electron chi connectivity index (χ2n) is 12.8. The molecule has 0 unspecified atom stereocenters. The highest BCUT2D eigenvalue weighted by Crippen LogP contribution is 2.43. The van der Waals surface area contributed by atoms with E-state index in [4.69, 9.17) is 9.84 Å². The van der Waals surface area contributed by atoms with Gasteiger partial charge in [-0.05, 0) is 51.2 Å². The number of imidazole rings is 1. The van der Waals surface area contributed by atoms with Gasteiger partial charge in [-0.25, -0.2) is 14.6 Å². The largest absolute Gasteiger partial charge is 0.481 e. The van der Waals surface area contributed by atoms with Gasteiger partial charge < -0.3 is 25.3 Å². The van der Waals surface area contributed by atoms with Gasteiger partial charge in [-0.3, -0.25) is 18.6 Å². The van der Waals surface area contributed by atoms with E-state index in [1.807, 2.05) is 24.3 Å². The quantitative estimate of drug-likeness (QED) is 0.208. The number of amides is 1. The Hall–Kier alpha value is -4.98. The maximum atomic E-state index is 15.2. The Labute approximate surface area is 262 Å². The number of carbonyl (C=O) groups is 2. The third-order valence-electron chi connectivity index (χ3n) is 8.37. The van der Waals surface area contributed by atoms with Crippen LogP contribution in [0.15, 0.2) is 41.5 Å².